The molecule has 0 radical (unpaired) electrons. The maximum absolute atomic E-state index is 11.9. The van der Waals surface area contributed by atoms with Gasteiger partial charge in [0.15, 0.2) is 6.29 Å². The number of carbonyl (C=O) groups is 1. The molecule has 130 valence electrons. The Morgan fingerprint density at radius 1 is 1.12 bits per heavy atom. The van der Waals surface area contributed by atoms with Crippen molar-refractivity contribution in [1.29, 1.82) is 0 Å². The highest BCUT2D eigenvalue weighted by molar-refractivity contribution is 5.89. The van der Waals surface area contributed by atoms with Crippen LogP contribution in [0.1, 0.15) is 11.1 Å². The van der Waals surface area contributed by atoms with E-state index in [1.54, 1.807) is 20.2 Å². The van der Waals surface area contributed by atoms with Crippen molar-refractivity contribution in [1.82, 2.24) is 10.2 Å². The Morgan fingerprint density at radius 3 is 2.40 bits per heavy atom. The highest BCUT2D eigenvalue weighted by Crippen LogP contribution is 2.23. The number of hydrogen-bond acceptors (Lipinski definition) is 4. The minimum Gasteiger partial charge on any atom is -0.380 e. The molecule has 0 aromatic heterocycles. The first-order valence-electron chi connectivity index (χ1n) is 8.23. The minimum absolute atomic E-state index is 0.0790. The molecule has 5 heteroatoms. The normalized spacial score (nSPS) is 17.2. The van der Waals surface area contributed by atoms with Crippen LogP contribution < -0.4 is 11.1 Å². The predicted octanol–water partition coefficient (Wildman–Crippen LogP) is 2.23. The number of nitrogens with one attached hydrogen (secondary N) is 1. The molecule has 1 atom stereocenters. The van der Waals surface area contributed by atoms with Crippen molar-refractivity contribution in [2.45, 2.75) is 19.3 Å². The van der Waals surface area contributed by atoms with Gasteiger partial charge in [0.2, 0.25) is 0 Å². The van der Waals surface area contributed by atoms with Crippen LogP contribution in [0.25, 0.3) is 11.1 Å². The van der Waals surface area contributed by atoms with Crippen molar-refractivity contribution in [2.75, 3.05) is 14.2 Å². The summed E-state index contributed by atoms with van der Waals surface area (Å²) >= 11 is 0. The van der Waals surface area contributed by atoms with E-state index in [-0.39, 0.29) is 5.91 Å². The number of hydrogen-bond donors (Lipinski definition) is 2. The number of carbonyl (C=O) groups excluding carboxylic acids is 1. The Hall–Kier alpha value is -2.63. The summed E-state index contributed by atoms with van der Waals surface area (Å²) in [5.74, 6) is -0.0790. The molecule has 1 unspecified atom stereocenters. The molecule has 3 rings (SSSR count). The van der Waals surface area contributed by atoms with Gasteiger partial charge in [-0.05, 0) is 28.3 Å². The van der Waals surface area contributed by atoms with Gasteiger partial charge >= 0.3 is 0 Å². The number of methoxy groups -OCH3 is 1. The lowest BCUT2D eigenvalue weighted by atomic mass is 9.99. The molecule has 0 spiro atoms. The molecule has 0 fully saturated rings. The number of amides is 1. The number of allylic oxidation sites excluding steroid dienone is 1. The largest absolute Gasteiger partial charge is 0.380 e. The third-order valence-electron chi connectivity index (χ3n) is 4.29. The molecule has 0 aliphatic carbocycles. The molecule has 2 aromatic carbocycles. The Morgan fingerprint density at radius 2 is 1.76 bits per heavy atom. The SMILES string of the molecule is COCc1cccc(-c2cccc(CC3=CC(=O)N(C)C(N)N3)c2)c1. The second-order valence-electron chi connectivity index (χ2n) is 6.22. The molecule has 3 N–H and O–H groups in total. The number of benzene rings is 2. The Balaban J connectivity index is 1.81. The van der Waals surface area contributed by atoms with E-state index in [0.717, 1.165) is 28.0 Å². The molecule has 0 saturated carbocycles. The summed E-state index contributed by atoms with van der Waals surface area (Å²) < 4.78 is 5.21. The second-order valence-corrected chi connectivity index (χ2v) is 6.22. The number of likely N-dealkylation sites (N-methyl/N-ethyl adjacent to an activating group) is 1. The van der Waals surface area contributed by atoms with Gasteiger partial charge in [-0.25, -0.2) is 0 Å². The van der Waals surface area contributed by atoms with Gasteiger partial charge in [-0.1, -0.05) is 42.5 Å². The third kappa shape index (κ3) is 4.07. The second kappa shape index (κ2) is 7.51. The quantitative estimate of drug-likeness (QED) is 0.878. The maximum Gasteiger partial charge on any atom is 0.250 e. The van der Waals surface area contributed by atoms with E-state index in [9.17, 15) is 4.79 Å². The molecule has 2 aromatic rings. The number of ether oxygens (including phenoxy) is 1. The van der Waals surface area contributed by atoms with E-state index in [1.807, 2.05) is 12.1 Å². The Kier molecular flexibility index (Phi) is 5.16. The zero-order valence-corrected chi connectivity index (χ0v) is 14.5. The predicted molar refractivity (Wildman–Crippen MR) is 98.3 cm³/mol. The fourth-order valence-corrected chi connectivity index (χ4v) is 2.91. The zero-order valence-electron chi connectivity index (χ0n) is 14.5. The first-order valence-corrected chi connectivity index (χ1v) is 8.23. The van der Waals surface area contributed by atoms with Gasteiger partial charge in [0.25, 0.3) is 5.91 Å². The summed E-state index contributed by atoms with van der Waals surface area (Å²) in [5, 5.41) is 3.16. The van der Waals surface area contributed by atoms with Gasteiger partial charge in [0, 0.05) is 32.4 Å². The van der Waals surface area contributed by atoms with Crippen molar-refractivity contribution in [2.24, 2.45) is 5.73 Å². The number of nitrogens with zero attached hydrogens (tertiary/aromatic N) is 1. The van der Waals surface area contributed by atoms with E-state index >= 15 is 0 Å². The maximum atomic E-state index is 11.9. The highest BCUT2D eigenvalue weighted by atomic mass is 16.5. The van der Waals surface area contributed by atoms with E-state index in [2.05, 4.69) is 41.7 Å². The molecule has 1 aliphatic heterocycles. The van der Waals surface area contributed by atoms with Gasteiger partial charge in [0.05, 0.1) is 6.61 Å². The summed E-state index contributed by atoms with van der Waals surface area (Å²) in [7, 11) is 3.38. The van der Waals surface area contributed by atoms with Gasteiger partial charge < -0.3 is 15.0 Å². The minimum atomic E-state index is -0.485. The van der Waals surface area contributed by atoms with Crippen LogP contribution in [0.15, 0.2) is 60.3 Å². The third-order valence-corrected chi connectivity index (χ3v) is 4.29. The fraction of sp³-hybridized carbons (Fsp3) is 0.250. The van der Waals surface area contributed by atoms with Crippen molar-refractivity contribution in [3.8, 4) is 11.1 Å². The topological polar surface area (TPSA) is 67.6 Å². The van der Waals surface area contributed by atoms with Gasteiger partial charge in [-0.15, -0.1) is 0 Å². The lowest BCUT2D eigenvalue weighted by Gasteiger charge is -2.31. The zero-order chi connectivity index (χ0) is 17.8. The Labute approximate surface area is 148 Å². The van der Waals surface area contributed by atoms with E-state index in [4.69, 9.17) is 10.5 Å². The molecule has 1 amide bonds. The molecule has 1 heterocycles. The first kappa shape index (κ1) is 17.2. The lowest BCUT2D eigenvalue weighted by molar-refractivity contribution is -0.128. The van der Waals surface area contributed by atoms with Crippen LogP contribution in [0.2, 0.25) is 0 Å². The molecular formula is C20H23N3O2. The summed E-state index contributed by atoms with van der Waals surface area (Å²) in [4.78, 5) is 13.4. The van der Waals surface area contributed by atoms with E-state index in [1.165, 1.54) is 4.90 Å². The van der Waals surface area contributed by atoms with Crippen LogP contribution in [0.5, 0.6) is 0 Å². The van der Waals surface area contributed by atoms with Gasteiger partial charge in [-0.2, -0.15) is 0 Å². The number of rotatable bonds is 5. The molecule has 0 saturated heterocycles. The van der Waals surface area contributed by atoms with Gasteiger partial charge in [-0.3, -0.25) is 10.5 Å². The highest BCUT2D eigenvalue weighted by Gasteiger charge is 2.21. The standard InChI is InChI=1S/C20H23N3O2/c1-23-19(24)12-18(22-20(23)21)11-14-5-3-7-16(9-14)17-8-4-6-15(10-17)13-25-2/h3-10,12,20,22H,11,13,21H2,1-2H3. The first-order chi connectivity index (χ1) is 12.1. The van der Waals surface area contributed by atoms with Crippen molar-refractivity contribution in [3.05, 3.63) is 71.4 Å². The fourth-order valence-electron chi connectivity index (χ4n) is 2.91. The van der Waals surface area contributed by atoms with Crippen LogP contribution in [0.3, 0.4) is 0 Å². The Bertz CT molecular complexity index is 801. The smallest absolute Gasteiger partial charge is 0.250 e. The summed E-state index contributed by atoms with van der Waals surface area (Å²) in [6, 6.07) is 16.6. The summed E-state index contributed by atoms with van der Waals surface area (Å²) in [6.45, 7) is 0.595. The summed E-state index contributed by atoms with van der Waals surface area (Å²) in [5.41, 5.74) is 11.3. The average molecular weight is 337 g/mol. The van der Waals surface area contributed by atoms with Crippen LogP contribution in [0.4, 0.5) is 0 Å². The molecular weight excluding hydrogens is 314 g/mol. The summed E-state index contributed by atoms with van der Waals surface area (Å²) in [6.07, 6.45) is 1.76. The molecule has 5 nitrogen and oxygen atoms in total. The van der Waals surface area contributed by atoms with Crippen LogP contribution in [0, 0.1) is 0 Å². The lowest BCUT2D eigenvalue weighted by Crippen LogP contribution is -2.55. The average Bonchev–Trinajstić information content (AvgIpc) is 2.60. The van der Waals surface area contributed by atoms with Gasteiger partial charge in [0.1, 0.15) is 0 Å². The van der Waals surface area contributed by atoms with Crippen LogP contribution >= 0.6 is 0 Å². The van der Waals surface area contributed by atoms with E-state index in [0.29, 0.717) is 13.0 Å². The molecule has 1 aliphatic rings. The number of nitrogens with two attached hydrogens (primary N) is 1. The van der Waals surface area contributed by atoms with Crippen LogP contribution in [-0.2, 0) is 22.6 Å². The van der Waals surface area contributed by atoms with Crippen molar-refractivity contribution >= 4 is 5.91 Å². The monoisotopic (exact) mass is 337 g/mol. The molecule has 25 heavy (non-hydrogen) atoms. The van der Waals surface area contributed by atoms with Crippen LogP contribution in [-0.4, -0.2) is 31.3 Å². The van der Waals surface area contributed by atoms with E-state index < -0.39 is 6.29 Å². The van der Waals surface area contributed by atoms with Crippen molar-refractivity contribution in [3.63, 3.8) is 0 Å². The molecule has 0 bridgehead atoms. The van der Waals surface area contributed by atoms with Crippen molar-refractivity contribution < 1.29 is 9.53 Å².